The van der Waals surface area contributed by atoms with Crippen molar-refractivity contribution < 1.29 is 49.3 Å². The van der Waals surface area contributed by atoms with Crippen molar-refractivity contribution in [3.05, 3.63) is 72.9 Å². The quantitative estimate of drug-likeness (QED) is 0.0195. The van der Waals surface area contributed by atoms with Crippen LogP contribution in [0.4, 0.5) is 0 Å². The Balaban J connectivity index is 2.60. The molecule has 1 heterocycles. The Kier molecular flexibility index (Phi) is 57.8. The van der Waals surface area contributed by atoms with Gasteiger partial charge in [-0.1, -0.05) is 318 Å². The zero-order valence-corrected chi connectivity index (χ0v) is 55.0. The van der Waals surface area contributed by atoms with Crippen LogP contribution in [-0.2, 0) is 23.8 Å². The van der Waals surface area contributed by atoms with E-state index in [1.807, 2.05) is 6.08 Å². The first-order chi connectivity index (χ1) is 41.7. The molecule has 0 aromatic rings. The molecule has 6 N–H and O–H groups in total. The molecule has 11 nitrogen and oxygen atoms in total. The molecule has 8 atom stereocenters. The molecule has 494 valence electrons. The summed E-state index contributed by atoms with van der Waals surface area (Å²) in [6, 6.07) is -1.04. The number of aliphatic hydroxyl groups excluding tert-OH is 5. The molecule has 0 radical (unpaired) electrons. The Morgan fingerprint density at radius 1 is 0.471 bits per heavy atom. The van der Waals surface area contributed by atoms with Crippen LogP contribution in [0.5, 0.6) is 0 Å². The van der Waals surface area contributed by atoms with Crippen molar-refractivity contribution in [1.29, 1.82) is 0 Å². The fourth-order valence-electron chi connectivity index (χ4n) is 11.0. The average molecular weight is 1200 g/mol. The van der Waals surface area contributed by atoms with E-state index in [0.29, 0.717) is 12.8 Å². The lowest BCUT2D eigenvalue weighted by molar-refractivity contribution is -0.305. The van der Waals surface area contributed by atoms with Crippen molar-refractivity contribution in [2.24, 2.45) is 0 Å². The smallest absolute Gasteiger partial charge is 0.306 e. The minimum atomic E-state index is -1.62. The number of nitrogens with one attached hydrogen (secondary N) is 1. The Hall–Kier alpha value is -2.90. The normalized spacial score (nSPS) is 18.8. The van der Waals surface area contributed by atoms with Crippen LogP contribution in [0.1, 0.15) is 323 Å². The predicted octanol–water partition coefficient (Wildman–Crippen LogP) is 18.3. The fraction of sp³-hybridized carbons (Fsp3) is 0.811. The van der Waals surface area contributed by atoms with E-state index in [-0.39, 0.29) is 19.4 Å². The van der Waals surface area contributed by atoms with E-state index in [1.54, 1.807) is 6.08 Å². The molecule has 1 saturated heterocycles. The highest BCUT2D eigenvalue weighted by Crippen LogP contribution is 2.26. The van der Waals surface area contributed by atoms with E-state index in [1.165, 1.54) is 180 Å². The van der Waals surface area contributed by atoms with Crippen molar-refractivity contribution in [1.82, 2.24) is 5.32 Å². The second kappa shape index (κ2) is 61.3. The first-order valence-corrected chi connectivity index (χ1v) is 35.7. The highest BCUT2D eigenvalue weighted by atomic mass is 16.7. The van der Waals surface area contributed by atoms with Crippen molar-refractivity contribution >= 4 is 11.9 Å². The number of hydrogen-bond acceptors (Lipinski definition) is 10. The molecule has 0 aromatic carbocycles. The summed E-state index contributed by atoms with van der Waals surface area (Å²) in [5, 5.41) is 57.2. The molecule has 1 fully saturated rings. The standard InChI is InChI=1S/C74H133NO10/c1-4-7-10-13-16-19-22-25-27-29-31-33-34-35-37-39-41-44-47-50-53-56-59-62-69(79)85-72-71(81)70(80)68(63-76)84-74(72)83-64-65(66(77)60-57-54-51-48-45-42-24-21-18-15-12-9-6-3)75-73(82)67(78)61-58-55-52-49-46-43-40-38-36-32-30-28-26-23-20-17-14-11-8-5-2/h8,11,17,20,26,28,32,36,40,43,57,60,65-68,70-72,74,76-78,80-81H,4-7,9-10,12-16,18-19,21-25,27,29-31,33-35,37-39,41-42,44-56,58-59,61-64H2,1-3H3,(H,75,82)/b11-8-,20-17-,28-26-,36-32-,43-40-,60-57+. The third-order valence-electron chi connectivity index (χ3n) is 16.6. The first-order valence-electron chi connectivity index (χ1n) is 35.7. The van der Waals surface area contributed by atoms with E-state index in [0.717, 1.165) is 96.3 Å². The van der Waals surface area contributed by atoms with Gasteiger partial charge in [0.1, 0.15) is 24.4 Å². The Bertz CT molecular complexity index is 1660. The molecule has 1 aliphatic rings. The lowest BCUT2D eigenvalue weighted by Crippen LogP contribution is -2.61. The first kappa shape index (κ1) is 80.1. The van der Waals surface area contributed by atoms with E-state index in [9.17, 15) is 35.1 Å². The highest BCUT2D eigenvalue weighted by Gasteiger charge is 2.47. The number of esters is 1. The zero-order chi connectivity index (χ0) is 61.7. The van der Waals surface area contributed by atoms with Gasteiger partial charge in [0.2, 0.25) is 5.91 Å². The number of aliphatic hydroxyl groups is 5. The van der Waals surface area contributed by atoms with Gasteiger partial charge in [-0.3, -0.25) is 9.59 Å². The Morgan fingerprint density at radius 2 is 0.847 bits per heavy atom. The molecule has 0 aliphatic carbocycles. The van der Waals surface area contributed by atoms with Crippen LogP contribution >= 0.6 is 0 Å². The minimum Gasteiger partial charge on any atom is -0.454 e. The maximum absolute atomic E-state index is 13.5. The van der Waals surface area contributed by atoms with Gasteiger partial charge in [-0.2, -0.15) is 0 Å². The molecule has 0 spiro atoms. The maximum Gasteiger partial charge on any atom is 0.306 e. The number of hydrogen-bond donors (Lipinski definition) is 6. The molecule has 0 bridgehead atoms. The summed E-state index contributed by atoms with van der Waals surface area (Å²) in [5.41, 5.74) is 0. The summed E-state index contributed by atoms with van der Waals surface area (Å²) in [6.07, 6.45) is 69.4. The van der Waals surface area contributed by atoms with Gasteiger partial charge < -0.3 is 45.1 Å². The van der Waals surface area contributed by atoms with Crippen LogP contribution in [0.3, 0.4) is 0 Å². The van der Waals surface area contributed by atoms with E-state index in [4.69, 9.17) is 14.2 Å². The number of carbonyl (C=O) groups excluding carboxylic acids is 2. The molecule has 85 heavy (non-hydrogen) atoms. The second-order valence-corrected chi connectivity index (χ2v) is 24.6. The van der Waals surface area contributed by atoms with E-state index >= 15 is 0 Å². The number of amides is 1. The molecule has 8 unspecified atom stereocenters. The third kappa shape index (κ3) is 48.7. The van der Waals surface area contributed by atoms with Gasteiger partial charge in [0.05, 0.1) is 25.4 Å². The van der Waals surface area contributed by atoms with Crippen LogP contribution in [0.15, 0.2) is 72.9 Å². The summed E-state index contributed by atoms with van der Waals surface area (Å²) in [6.45, 7) is 5.71. The summed E-state index contributed by atoms with van der Waals surface area (Å²) >= 11 is 0. The fourth-order valence-corrected chi connectivity index (χ4v) is 11.0. The summed E-state index contributed by atoms with van der Waals surface area (Å²) < 4.78 is 17.7. The third-order valence-corrected chi connectivity index (χ3v) is 16.6. The summed E-state index contributed by atoms with van der Waals surface area (Å²) in [7, 11) is 0. The van der Waals surface area contributed by atoms with Crippen LogP contribution < -0.4 is 5.32 Å². The van der Waals surface area contributed by atoms with Crippen molar-refractivity contribution in [2.75, 3.05) is 13.2 Å². The molecular formula is C74H133NO10. The molecule has 1 amide bonds. The van der Waals surface area contributed by atoms with E-state index in [2.05, 4.69) is 86.8 Å². The van der Waals surface area contributed by atoms with Gasteiger partial charge in [-0.05, 0) is 70.6 Å². The number of allylic oxidation sites excluding steroid dienone is 11. The molecule has 0 saturated carbocycles. The molecule has 0 aromatic heterocycles. The number of ether oxygens (including phenoxy) is 3. The van der Waals surface area contributed by atoms with Gasteiger partial charge in [0.25, 0.3) is 0 Å². The topological polar surface area (TPSA) is 175 Å². The van der Waals surface area contributed by atoms with Crippen LogP contribution in [0.2, 0.25) is 0 Å². The lowest BCUT2D eigenvalue weighted by atomic mass is 9.99. The van der Waals surface area contributed by atoms with Gasteiger partial charge >= 0.3 is 5.97 Å². The molecule has 1 rings (SSSR count). The minimum absolute atomic E-state index is 0.123. The van der Waals surface area contributed by atoms with Crippen molar-refractivity contribution in [3.63, 3.8) is 0 Å². The van der Waals surface area contributed by atoms with Gasteiger partial charge in [-0.25, -0.2) is 0 Å². The zero-order valence-electron chi connectivity index (χ0n) is 55.0. The largest absolute Gasteiger partial charge is 0.454 e. The highest BCUT2D eigenvalue weighted by molar-refractivity contribution is 5.80. The molecule has 11 heteroatoms. The lowest BCUT2D eigenvalue weighted by Gasteiger charge is -2.41. The van der Waals surface area contributed by atoms with Gasteiger partial charge in [0, 0.05) is 6.42 Å². The number of unbranched alkanes of at least 4 members (excludes halogenated alkanes) is 37. The Morgan fingerprint density at radius 3 is 1.27 bits per heavy atom. The second-order valence-electron chi connectivity index (χ2n) is 24.6. The van der Waals surface area contributed by atoms with Gasteiger partial charge in [-0.15, -0.1) is 0 Å². The van der Waals surface area contributed by atoms with Crippen LogP contribution in [0.25, 0.3) is 0 Å². The number of rotatable bonds is 61. The molecular weight excluding hydrogens is 1060 g/mol. The van der Waals surface area contributed by atoms with E-state index < -0.39 is 67.4 Å². The number of carbonyl (C=O) groups is 2. The summed E-state index contributed by atoms with van der Waals surface area (Å²) in [4.78, 5) is 26.7. The maximum atomic E-state index is 13.5. The van der Waals surface area contributed by atoms with Crippen LogP contribution in [-0.4, -0.2) is 99.6 Å². The van der Waals surface area contributed by atoms with Crippen molar-refractivity contribution in [2.45, 2.75) is 372 Å². The van der Waals surface area contributed by atoms with Crippen LogP contribution in [0, 0.1) is 0 Å². The predicted molar refractivity (Wildman–Crippen MR) is 356 cm³/mol. The SMILES string of the molecule is CC/C=C\C/C=C\C/C=C\C/C=C\C/C=C\CCCCCCC(O)C(=O)NC(COC1OC(CO)C(O)C(O)C1OC(=O)CCCCCCCCCCCCCCCCCCCCCCCCC)C(O)/C=C/CCCCCCCCCCCCC. The Labute approximate surface area is 521 Å². The van der Waals surface area contributed by atoms with Gasteiger partial charge in [0.15, 0.2) is 12.4 Å². The molecule has 1 aliphatic heterocycles. The monoisotopic (exact) mass is 1200 g/mol. The van der Waals surface area contributed by atoms with Crippen molar-refractivity contribution in [3.8, 4) is 0 Å². The average Bonchev–Trinajstić information content (AvgIpc) is 3.12. The summed E-state index contributed by atoms with van der Waals surface area (Å²) in [5.74, 6) is -1.20.